The van der Waals surface area contributed by atoms with Crippen molar-refractivity contribution in [3.05, 3.63) is 0 Å². The molecular weight excluding hydrogens is 2120 g/mol. The quantitative estimate of drug-likeness (QED) is 0.0308. The molecule has 16 rings (SSSR count). The van der Waals surface area contributed by atoms with Crippen LogP contribution in [-0.2, 0) is 89.1 Å². The Bertz CT molecular complexity index is 4000. The van der Waals surface area contributed by atoms with Crippen molar-refractivity contribution in [2.24, 2.45) is 41.4 Å². The average molecular weight is 2310 g/mol. The molecule has 16 saturated carbocycles. The van der Waals surface area contributed by atoms with Crippen molar-refractivity contribution in [3.63, 3.8) is 0 Å². The van der Waals surface area contributed by atoms with E-state index in [4.69, 9.17) is 28.4 Å². The molecule has 0 amide bonds. The first-order valence-electron chi connectivity index (χ1n) is 56.1. The molecule has 0 saturated heterocycles. The van der Waals surface area contributed by atoms with Gasteiger partial charge in [0.1, 0.15) is 0 Å². The van der Waals surface area contributed by atoms with E-state index in [1.54, 1.807) is 38.5 Å². The third-order valence-corrected chi connectivity index (χ3v) is 58.9. The van der Waals surface area contributed by atoms with E-state index >= 15 is 0 Å². The predicted octanol–water partition coefficient (Wildman–Crippen LogP) is 5.62. The fraction of sp³-hybridized carbons (Fsp3) is 1.00. The van der Waals surface area contributed by atoms with Gasteiger partial charge in [-0.05, 0) is 358 Å². The summed E-state index contributed by atoms with van der Waals surface area (Å²) in [6.45, 7) is 18.3. The Morgan fingerprint density at radius 3 is 0.841 bits per heavy atom. The zero-order valence-electron chi connectivity index (χ0n) is 92.6. The summed E-state index contributed by atoms with van der Waals surface area (Å²) in [5.41, 5.74) is 9.41. The maximum atomic E-state index is 10.9. The largest absolute Gasteiger partial charge is 1.00 e. The molecule has 7 unspecified atom stereocenters. The van der Waals surface area contributed by atoms with Gasteiger partial charge in [-0.3, -0.25) is 0 Å². The Kier molecular flexibility index (Phi) is 74.3. The molecule has 0 aromatic heterocycles. The smallest absolute Gasteiger partial charge is 0.748 e. The Morgan fingerprint density at radius 2 is 0.538 bits per heavy atom. The van der Waals surface area contributed by atoms with Gasteiger partial charge in [0.25, 0.3) is 0 Å². The molecule has 145 heavy (non-hydrogen) atoms. The van der Waals surface area contributed by atoms with Gasteiger partial charge in [-0.15, -0.1) is 0 Å². The normalized spacial score (nSPS) is 28.2. The van der Waals surface area contributed by atoms with E-state index in [-0.39, 0.29) is 272 Å². The van der Waals surface area contributed by atoms with Crippen LogP contribution in [-0.4, -0.2) is 275 Å². The minimum absolute atomic E-state index is 0. The van der Waals surface area contributed by atoms with Crippen molar-refractivity contribution in [2.45, 2.75) is 504 Å². The molecule has 0 aliphatic heterocycles. The van der Waals surface area contributed by atoms with E-state index in [1.807, 2.05) is 0 Å². The molecule has 0 spiro atoms. The van der Waals surface area contributed by atoms with Crippen LogP contribution in [0.2, 0.25) is 0 Å². The minimum atomic E-state index is -4.22. The molecule has 16 aliphatic carbocycles. The molecule has 0 aromatic carbocycles. The van der Waals surface area contributed by atoms with Crippen LogP contribution in [0, 0.1) is 41.4 Å². The van der Waals surface area contributed by atoms with Gasteiger partial charge in [0.2, 0.25) is 0 Å². The van der Waals surface area contributed by atoms with Crippen molar-refractivity contribution in [1.29, 1.82) is 0 Å². The van der Waals surface area contributed by atoms with Crippen molar-refractivity contribution in [1.82, 2.24) is 0 Å². The van der Waals surface area contributed by atoms with Crippen LogP contribution < -0.4 is 177 Å². The third-order valence-electron chi connectivity index (χ3n) is 34.2. The van der Waals surface area contributed by atoms with Gasteiger partial charge >= 0.3 is 177 Å². The standard InChI is InChI=1S/C27H45O4PS.C22H43O8PS2.C22H41O4PS.C21H39O4PS.C12H27O4PS.6Na/c1-19(17-31-3-2-4-33(28,29)30)18-32(26-11-20-5-21(12-26)7-22(6-20)13-26)27-14-23-8-24(15-27)10-25(9-23)16-27;23-32(24,25)17-7-14-29-16-13-22(19-30-15-8-18-33(26,27)28)31(20-9-3-1-4-10-20)21-11-5-2-6-12-21;23-28(24,25)17-8-7-16-26-19-10-9-15-22(18-19)27(20-11-3-1-4-12-20)21-13-5-2-6-14-21;22-27(23,24)16-8-15-25-18-9-7-14-21(17-18)26(19-10-3-1-4-11-19)20-12-5-2-6-13-20;1-10(2)17(11(3)4)12(5)9-16-7-6-8-18(13,14)15;;;;;;/h19-25H,2-18H2,1H3,(H,28,29,30);20-22H,1-19H2,(H,23,24,25)(H,26,27,28);19-22H,1-18H2,(H,23,24,25);18-21H,1-17H2,(H,22,23,24);10-12H,6-9H2,1-5H3,(H,13,14,15);;;;;;/q;;;;;6*+1/p-6. The summed E-state index contributed by atoms with van der Waals surface area (Å²) in [4.78, 5) is 0. The van der Waals surface area contributed by atoms with Crippen molar-refractivity contribution in [3.8, 4) is 0 Å². The van der Waals surface area contributed by atoms with Gasteiger partial charge in [0.15, 0.2) is 0 Å². The molecule has 0 N–H and O–H groups in total. The fourth-order valence-corrected chi connectivity index (χ4v) is 55.2. The Hall–Kier alpha value is 7.37. The van der Waals surface area contributed by atoms with E-state index in [9.17, 15) is 77.8 Å². The second kappa shape index (κ2) is 74.5. The van der Waals surface area contributed by atoms with Crippen molar-refractivity contribution >= 4 is 100 Å². The van der Waals surface area contributed by atoms with Crippen LogP contribution in [0.5, 0.6) is 0 Å². The zero-order chi connectivity index (χ0) is 100. The van der Waals surface area contributed by atoms with Gasteiger partial charge in [-0.25, -0.2) is 50.5 Å². The minimum Gasteiger partial charge on any atom is -0.748 e. The average Bonchev–Trinajstić information content (AvgIpc) is 0.701. The molecule has 0 radical (unpaired) electrons. The number of unbranched alkanes of at least 4 members (excludes halogenated alkanes) is 1. The van der Waals surface area contributed by atoms with Gasteiger partial charge < -0.3 is 55.7 Å². The molecular formula is C104H189Na6O24P5S6. The first-order valence-corrected chi connectivity index (χ1v) is 73.3. The van der Waals surface area contributed by atoms with Crippen LogP contribution in [0.15, 0.2) is 0 Å². The van der Waals surface area contributed by atoms with Crippen LogP contribution in [0.3, 0.4) is 0 Å². The van der Waals surface area contributed by atoms with Gasteiger partial charge in [0.05, 0.1) is 86.1 Å². The molecule has 0 heterocycles. The summed E-state index contributed by atoms with van der Waals surface area (Å²) in [7, 11) is -25.0. The topological polar surface area (TPSA) is 399 Å². The molecule has 7 atom stereocenters. The zero-order valence-corrected chi connectivity index (χ0v) is 114. The second-order valence-corrected chi connectivity index (χ2v) is 71.9. The monoisotopic (exact) mass is 2310 g/mol. The summed E-state index contributed by atoms with van der Waals surface area (Å²) in [6, 6.07) is 0. The molecule has 8 bridgehead atoms. The summed E-state index contributed by atoms with van der Waals surface area (Å²) in [6.07, 6.45) is 75.7. The van der Waals surface area contributed by atoms with Crippen LogP contribution >= 0.6 is 39.6 Å². The Morgan fingerprint density at radius 1 is 0.276 bits per heavy atom. The van der Waals surface area contributed by atoms with Crippen LogP contribution in [0.1, 0.15) is 414 Å². The number of rotatable bonds is 52. The number of ether oxygens (including phenoxy) is 6. The van der Waals surface area contributed by atoms with Gasteiger partial charge in [0, 0.05) is 98.7 Å². The van der Waals surface area contributed by atoms with E-state index in [0.29, 0.717) is 123 Å². The summed E-state index contributed by atoms with van der Waals surface area (Å²) >= 11 is 0. The molecule has 16 aliphatic rings. The predicted molar refractivity (Wildman–Crippen MR) is 567 cm³/mol. The number of hydrogen-bond donors (Lipinski definition) is 0. The van der Waals surface area contributed by atoms with E-state index in [1.165, 1.54) is 276 Å². The van der Waals surface area contributed by atoms with E-state index < -0.39 is 72.2 Å². The van der Waals surface area contributed by atoms with Crippen molar-refractivity contribution < 1.29 is 284 Å². The molecule has 41 heteroatoms. The van der Waals surface area contributed by atoms with E-state index in [2.05, 4.69) is 41.5 Å². The number of hydrogen-bond acceptors (Lipinski definition) is 24. The van der Waals surface area contributed by atoms with Crippen molar-refractivity contribution in [2.75, 3.05) is 107 Å². The molecule has 24 nitrogen and oxygen atoms in total. The van der Waals surface area contributed by atoms with Crippen LogP contribution in [0.4, 0.5) is 0 Å². The molecule has 16 fully saturated rings. The fourth-order valence-electron chi connectivity index (χ4n) is 29.7. The summed E-state index contributed by atoms with van der Waals surface area (Å²) in [5.74, 6) is 4.71. The van der Waals surface area contributed by atoms with Gasteiger partial charge in [-0.2, -0.15) is 0 Å². The van der Waals surface area contributed by atoms with Crippen LogP contribution in [0.25, 0.3) is 0 Å². The molecule has 0 aromatic rings. The maximum Gasteiger partial charge on any atom is 1.00 e. The first-order chi connectivity index (χ1) is 66.1. The SMILES string of the molecule is CC(C)P(C(C)C)C(C)COCCCS(=O)(=O)[O-].CC(COCCCS(=O)(=O)[O-])CP(C12CC3CC(CC(C3)C1)C2)C12CC3CC(CC(C3)C1)C2.O=S(=O)([O-])CCCCOC1CCCC(P(C2CCCCC2)C2CCCCC2)C1.O=S(=O)([O-])CCCOC1CCCC(P(C2CCCCC2)C2CCCCC2)C1.O=S(=O)([O-])CCCOCCC(COCCCS(=O)(=O)[O-])P(C1CCCCC1)C1CCCCC1.[Na+].[Na+].[Na+].[Na+].[Na+].[Na+]. The Balaban J connectivity index is 0.000000379. The van der Waals surface area contributed by atoms with Gasteiger partial charge in [-0.1, -0.05) is 210 Å². The molecule has 816 valence electrons. The second-order valence-electron chi connectivity index (χ2n) is 46.5. The summed E-state index contributed by atoms with van der Waals surface area (Å²) in [5, 5.41) is 1.33. The first kappa shape index (κ1) is 145. The summed E-state index contributed by atoms with van der Waals surface area (Å²) < 4.78 is 228. The third kappa shape index (κ3) is 55.2. The Labute approximate surface area is 1020 Å². The maximum absolute atomic E-state index is 10.9. The van der Waals surface area contributed by atoms with E-state index in [0.717, 1.165) is 107 Å².